The molecule has 2 N–H and O–H groups in total. The second-order valence-electron chi connectivity index (χ2n) is 12.3. The van der Waals surface area contributed by atoms with E-state index in [1.807, 2.05) is 0 Å². The largest absolute Gasteiger partial charge is 2.00 e. The van der Waals surface area contributed by atoms with Gasteiger partial charge in [-0.2, -0.15) is 0 Å². The SMILES string of the molecule is O=C([O-])CCCCCCCCCCCCCCCCCO.O=C([O-])CCCCCCCCCCCCCCCCCO.[Ca+2]. The Bertz CT molecular complexity index is 486. The van der Waals surface area contributed by atoms with Gasteiger partial charge in [-0.3, -0.25) is 0 Å². The molecule has 0 saturated heterocycles. The minimum absolute atomic E-state index is 0. The Balaban J connectivity index is -0.000000727. The van der Waals surface area contributed by atoms with E-state index >= 15 is 0 Å². The van der Waals surface area contributed by atoms with Crippen molar-refractivity contribution >= 4 is 49.7 Å². The number of carbonyl (C=O) groups excluding carboxylic acids is 2. The molecule has 0 saturated carbocycles. The van der Waals surface area contributed by atoms with E-state index in [0.29, 0.717) is 13.2 Å². The summed E-state index contributed by atoms with van der Waals surface area (Å²) in [4.78, 5) is 20.5. The van der Waals surface area contributed by atoms with Crippen molar-refractivity contribution in [3.05, 3.63) is 0 Å². The molecule has 0 fully saturated rings. The monoisotopic (exact) mass is 638 g/mol. The number of rotatable bonds is 34. The van der Waals surface area contributed by atoms with E-state index in [0.717, 1.165) is 38.5 Å². The standard InChI is InChI=1S/2C18H36O3.Ca/c2*19-17-15-13-11-9-7-5-3-1-2-4-6-8-10-12-14-16-18(20)21;/h2*19H,1-17H2,(H,20,21);/q;;+2/p-2. The van der Waals surface area contributed by atoms with Crippen LogP contribution in [-0.4, -0.2) is 73.1 Å². The number of aliphatic hydroxyl groups excluding tert-OH is 2. The molecule has 0 aromatic carbocycles. The summed E-state index contributed by atoms with van der Waals surface area (Å²) in [7, 11) is 0. The van der Waals surface area contributed by atoms with Crippen LogP contribution in [0.5, 0.6) is 0 Å². The van der Waals surface area contributed by atoms with Crippen LogP contribution < -0.4 is 10.2 Å². The fourth-order valence-electron chi connectivity index (χ4n) is 5.36. The molecule has 0 atom stereocenters. The van der Waals surface area contributed by atoms with Crippen molar-refractivity contribution in [3.63, 3.8) is 0 Å². The summed E-state index contributed by atoms with van der Waals surface area (Å²) >= 11 is 0. The van der Waals surface area contributed by atoms with E-state index < -0.39 is 11.9 Å². The van der Waals surface area contributed by atoms with Crippen molar-refractivity contribution in [2.24, 2.45) is 0 Å². The third kappa shape index (κ3) is 52.0. The van der Waals surface area contributed by atoms with Crippen molar-refractivity contribution in [3.8, 4) is 0 Å². The zero-order valence-corrected chi connectivity index (χ0v) is 30.5. The Morgan fingerprint density at radius 1 is 0.302 bits per heavy atom. The summed E-state index contributed by atoms with van der Waals surface area (Å²) in [6, 6.07) is 0. The van der Waals surface area contributed by atoms with E-state index in [2.05, 4.69) is 0 Å². The second kappa shape index (κ2) is 44.2. The molecule has 0 radical (unpaired) electrons. The first-order chi connectivity index (χ1) is 20.5. The van der Waals surface area contributed by atoms with Crippen LogP contribution in [0.3, 0.4) is 0 Å². The number of aliphatic hydroxyl groups is 2. The molecule has 0 unspecified atom stereocenters. The first kappa shape index (κ1) is 47.5. The van der Waals surface area contributed by atoms with Crippen LogP contribution in [0.15, 0.2) is 0 Å². The smallest absolute Gasteiger partial charge is 0.550 e. The van der Waals surface area contributed by atoms with Crippen molar-refractivity contribution in [1.82, 2.24) is 0 Å². The summed E-state index contributed by atoms with van der Waals surface area (Å²) in [5.41, 5.74) is 0. The minimum atomic E-state index is -0.914. The van der Waals surface area contributed by atoms with Gasteiger partial charge in [-0.25, -0.2) is 0 Å². The van der Waals surface area contributed by atoms with Crippen LogP contribution in [0, 0.1) is 0 Å². The summed E-state index contributed by atoms with van der Waals surface area (Å²) < 4.78 is 0. The molecule has 6 nitrogen and oxygen atoms in total. The molecule has 7 heteroatoms. The van der Waals surface area contributed by atoms with Crippen molar-refractivity contribution in [2.75, 3.05) is 13.2 Å². The molecule has 43 heavy (non-hydrogen) atoms. The molecule has 0 heterocycles. The van der Waals surface area contributed by atoms with E-state index in [9.17, 15) is 19.8 Å². The molecule has 0 aliphatic heterocycles. The van der Waals surface area contributed by atoms with E-state index in [4.69, 9.17) is 10.2 Å². The number of unbranched alkanes of at least 4 members (excludes halogenated alkanes) is 28. The molecular formula is C36H70CaO6. The first-order valence-corrected chi connectivity index (χ1v) is 18.2. The molecule has 0 spiro atoms. The molecule has 0 aliphatic carbocycles. The number of hydrogen-bond acceptors (Lipinski definition) is 6. The number of carbonyl (C=O) groups is 2. The zero-order valence-electron chi connectivity index (χ0n) is 28.3. The molecule has 0 aromatic rings. The number of carboxylic acid groups (broad SMARTS) is 2. The molecule has 0 bridgehead atoms. The third-order valence-electron chi connectivity index (χ3n) is 8.08. The Morgan fingerprint density at radius 3 is 0.581 bits per heavy atom. The topological polar surface area (TPSA) is 121 Å². The Labute approximate surface area is 296 Å². The predicted molar refractivity (Wildman–Crippen MR) is 178 cm³/mol. The van der Waals surface area contributed by atoms with Crippen molar-refractivity contribution < 1.29 is 30.0 Å². The molecule has 0 aromatic heterocycles. The Morgan fingerprint density at radius 2 is 0.442 bits per heavy atom. The predicted octanol–water partition coefficient (Wildman–Crippen LogP) is 7.56. The van der Waals surface area contributed by atoms with Gasteiger partial charge in [0.15, 0.2) is 0 Å². The summed E-state index contributed by atoms with van der Waals surface area (Å²) in [5, 5.41) is 37.8. The van der Waals surface area contributed by atoms with Gasteiger partial charge in [0, 0.05) is 25.2 Å². The quantitative estimate of drug-likeness (QED) is 0.0554. The van der Waals surface area contributed by atoms with Gasteiger partial charge in [-0.05, 0) is 38.5 Å². The van der Waals surface area contributed by atoms with Gasteiger partial charge < -0.3 is 30.0 Å². The fraction of sp³-hybridized carbons (Fsp3) is 0.944. The molecular weight excluding hydrogens is 568 g/mol. The molecule has 0 rings (SSSR count). The van der Waals surface area contributed by atoms with Gasteiger partial charge in [-0.1, -0.05) is 167 Å². The third-order valence-corrected chi connectivity index (χ3v) is 8.08. The zero-order chi connectivity index (χ0) is 31.2. The number of hydrogen-bond donors (Lipinski definition) is 2. The average Bonchev–Trinajstić information content (AvgIpc) is 2.97. The van der Waals surface area contributed by atoms with Gasteiger partial charge in [0.1, 0.15) is 0 Å². The maximum Gasteiger partial charge on any atom is 2.00 e. The van der Waals surface area contributed by atoms with Gasteiger partial charge in [0.2, 0.25) is 0 Å². The van der Waals surface area contributed by atoms with Crippen LogP contribution in [0.1, 0.15) is 205 Å². The number of carboxylic acids is 2. The average molecular weight is 639 g/mol. The van der Waals surface area contributed by atoms with Crippen LogP contribution >= 0.6 is 0 Å². The van der Waals surface area contributed by atoms with Crippen LogP contribution in [-0.2, 0) is 9.59 Å². The second-order valence-corrected chi connectivity index (χ2v) is 12.3. The summed E-state index contributed by atoms with van der Waals surface area (Å²) in [5.74, 6) is -1.83. The van der Waals surface area contributed by atoms with Crippen LogP contribution in [0.4, 0.5) is 0 Å². The fourth-order valence-corrected chi connectivity index (χ4v) is 5.36. The maximum atomic E-state index is 10.2. The first-order valence-electron chi connectivity index (χ1n) is 18.2. The number of aliphatic carboxylic acids is 2. The Kier molecular flexibility index (Phi) is 48.9. The van der Waals surface area contributed by atoms with Crippen LogP contribution in [0.2, 0.25) is 0 Å². The van der Waals surface area contributed by atoms with Gasteiger partial charge in [-0.15, -0.1) is 0 Å². The molecule has 0 aliphatic rings. The summed E-state index contributed by atoms with van der Waals surface area (Å²) in [6.07, 6.45) is 37.2. The van der Waals surface area contributed by atoms with Crippen molar-refractivity contribution in [1.29, 1.82) is 0 Å². The van der Waals surface area contributed by atoms with Gasteiger partial charge in [0.25, 0.3) is 0 Å². The van der Waals surface area contributed by atoms with E-state index in [1.54, 1.807) is 0 Å². The maximum absolute atomic E-state index is 10.2. The van der Waals surface area contributed by atoms with Gasteiger partial charge >= 0.3 is 37.7 Å². The van der Waals surface area contributed by atoms with Crippen LogP contribution in [0.25, 0.3) is 0 Å². The van der Waals surface area contributed by atoms with E-state index in [-0.39, 0.29) is 50.6 Å². The minimum Gasteiger partial charge on any atom is -0.550 e. The Hall–Kier alpha value is 0.120. The molecule has 252 valence electrons. The summed E-state index contributed by atoms with van der Waals surface area (Å²) in [6.45, 7) is 0.688. The van der Waals surface area contributed by atoms with Crippen molar-refractivity contribution in [2.45, 2.75) is 205 Å². The molecule has 0 amide bonds. The van der Waals surface area contributed by atoms with Gasteiger partial charge in [0.05, 0.1) is 0 Å². The van der Waals surface area contributed by atoms with E-state index in [1.165, 1.54) is 154 Å². The normalized spacial score (nSPS) is 10.7.